The average Bonchev–Trinajstić information content (AvgIpc) is 3.03. The van der Waals surface area contributed by atoms with E-state index in [1.807, 2.05) is 50.4 Å². The zero-order valence-corrected chi connectivity index (χ0v) is 11.4. The molecular weight excluding hydrogens is 250 g/mol. The Labute approximate surface area is 117 Å². The van der Waals surface area contributed by atoms with Gasteiger partial charge in [0.25, 0.3) is 0 Å². The molecule has 4 heteroatoms. The number of anilines is 1. The van der Waals surface area contributed by atoms with Gasteiger partial charge >= 0.3 is 0 Å². The molecule has 0 radical (unpaired) electrons. The summed E-state index contributed by atoms with van der Waals surface area (Å²) in [4.78, 5) is 9.22. The topological polar surface area (TPSA) is 51.0 Å². The van der Waals surface area contributed by atoms with Crippen LogP contribution >= 0.6 is 0 Å². The third-order valence-corrected chi connectivity index (χ3v) is 3.21. The van der Waals surface area contributed by atoms with Gasteiger partial charge in [0.15, 0.2) is 5.82 Å². The van der Waals surface area contributed by atoms with Gasteiger partial charge in [0.05, 0.1) is 17.5 Å². The van der Waals surface area contributed by atoms with Crippen LogP contribution in [0.2, 0.25) is 0 Å². The van der Waals surface area contributed by atoms with Crippen LogP contribution in [-0.2, 0) is 0 Å². The maximum atomic E-state index is 5.12. The third-order valence-electron chi connectivity index (χ3n) is 3.21. The van der Waals surface area contributed by atoms with Gasteiger partial charge in [0.2, 0.25) is 0 Å². The van der Waals surface area contributed by atoms with Gasteiger partial charge in [0.1, 0.15) is 12.1 Å². The van der Waals surface area contributed by atoms with Crippen molar-refractivity contribution in [1.29, 1.82) is 0 Å². The Morgan fingerprint density at radius 1 is 1.00 bits per heavy atom. The SMILES string of the molecule is CNc1nc(-c2ccoc2)nc(-c2ccccc2)c1C. The molecule has 0 spiro atoms. The predicted octanol–water partition coefficient (Wildman–Crippen LogP) is 3.75. The van der Waals surface area contributed by atoms with E-state index in [2.05, 4.69) is 15.3 Å². The van der Waals surface area contributed by atoms with Crippen molar-refractivity contribution < 1.29 is 4.42 Å². The van der Waals surface area contributed by atoms with Crippen LogP contribution in [0.5, 0.6) is 0 Å². The lowest BCUT2D eigenvalue weighted by atomic mass is 10.1. The molecule has 0 bridgehead atoms. The molecule has 0 saturated heterocycles. The van der Waals surface area contributed by atoms with Gasteiger partial charge in [-0.2, -0.15) is 0 Å². The highest BCUT2D eigenvalue weighted by Gasteiger charge is 2.13. The third kappa shape index (κ3) is 2.16. The first-order valence-electron chi connectivity index (χ1n) is 6.44. The van der Waals surface area contributed by atoms with Gasteiger partial charge in [-0.1, -0.05) is 30.3 Å². The molecule has 2 aromatic heterocycles. The maximum absolute atomic E-state index is 5.12. The van der Waals surface area contributed by atoms with Gasteiger partial charge in [-0.25, -0.2) is 9.97 Å². The summed E-state index contributed by atoms with van der Waals surface area (Å²) in [6, 6.07) is 12.0. The van der Waals surface area contributed by atoms with Crippen molar-refractivity contribution in [1.82, 2.24) is 9.97 Å². The van der Waals surface area contributed by atoms with Crippen LogP contribution in [0.3, 0.4) is 0 Å². The minimum absolute atomic E-state index is 0.660. The molecule has 3 aromatic rings. The first kappa shape index (κ1) is 12.4. The first-order chi connectivity index (χ1) is 9.79. The molecule has 100 valence electrons. The Morgan fingerprint density at radius 2 is 1.80 bits per heavy atom. The monoisotopic (exact) mass is 265 g/mol. The van der Waals surface area contributed by atoms with E-state index in [0.29, 0.717) is 5.82 Å². The fourth-order valence-corrected chi connectivity index (χ4v) is 2.16. The predicted molar refractivity (Wildman–Crippen MR) is 79.5 cm³/mol. The van der Waals surface area contributed by atoms with Crippen LogP contribution in [-0.4, -0.2) is 17.0 Å². The molecule has 0 fully saturated rings. The smallest absolute Gasteiger partial charge is 0.165 e. The van der Waals surface area contributed by atoms with Crippen LogP contribution in [0.4, 0.5) is 5.82 Å². The van der Waals surface area contributed by atoms with Crippen molar-refractivity contribution in [3.05, 3.63) is 54.5 Å². The Kier molecular flexibility index (Phi) is 3.21. The minimum Gasteiger partial charge on any atom is -0.472 e. The van der Waals surface area contributed by atoms with E-state index in [9.17, 15) is 0 Å². The Balaban J connectivity index is 2.21. The number of rotatable bonds is 3. The molecular formula is C16H15N3O. The Morgan fingerprint density at radius 3 is 2.45 bits per heavy atom. The van der Waals surface area contributed by atoms with Crippen LogP contribution < -0.4 is 5.32 Å². The summed E-state index contributed by atoms with van der Waals surface area (Å²) in [6.45, 7) is 2.02. The van der Waals surface area contributed by atoms with Crippen molar-refractivity contribution in [3.63, 3.8) is 0 Å². The Hall–Kier alpha value is -2.62. The van der Waals surface area contributed by atoms with Crippen molar-refractivity contribution >= 4 is 5.82 Å². The van der Waals surface area contributed by atoms with E-state index in [4.69, 9.17) is 4.42 Å². The van der Waals surface area contributed by atoms with Crippen molar-refractivity contribution in [2.45, 2.75) is 6.92 Å². The number of hydrogen-bond acceptors (Lipinski definition) is 4. The van der Waals surface area contributed by atoms with E-state index in [-0.39, 0.29) is 0 Å². The van der Waals surface area contributed by atoms with Gasteiger partial charge in [-0.3, -0.25) is 0 Å². The lowest BCUT2D eigenvalue weighted by molar-refractivity contribution is 0.568. The first-order valence-corrected chi connectivity index (χ1v) is 6.44. The molecule has 0 saturated carbocycles. The lowest BCUT2D eigenvalue weighted by Crippen LogP contribution is -2.02. The summed E-state index contributed by atoms with van der Waals surface area (Å²) in [7, 11) is 1.86. The standard InChI is InChI=1S/C16H15N3O/c1-11-14(12-6-4-3-5-7-12)18-16(19-15(11)17-2)13-8-9-20-10-13/h3-10H,1-2H3,(H,17,18,19). The number of nitrogens with one attached hydrogen (secondary N) is 1. The molecule has 1 N–H and O–H groups in total. The highest BCUT2D eigenvalue weighted by atomic mass is 16.3. The van der Waals surface area contributed by atoms with Crippen molar-refractivity contribution in [2.24, 2.45) is 0 Å². The largest absolute Gasteiger partial charge is 0.472 e. The summed E-state index contributed by atoms with van der Waals surface area (Å²) in [5.41, 5.74) is 3.92. The molecule has 2 heterocycles. The number of nitrogens with zero attached hydrogens (tertiary/aromatic N) is 2. The molecule has 0 aliphatic carbocycles. The zero-order valence-electron chi connectivity index (χ0n) is 11.4. The normalized spacial score (nSPS) is 10.5. The molecule has 3 rings (SSSR count). The summed E-state index contributed by atoms with van der Waals surface area (Å²) >= 11 is 0. The average molecular weight is 265 g/mol. The van der Waals surface area contributed by atoms with E-state index in [1.54, 1.807) is 12.5 Å². The maximum Gasteiger partial charge on any atom is 0.165 e. The van der Waals surface area contributed by atoms with Crippen LogP contribution in [0.15, 0.2) is 53.3 Å². The molecule has 0 aliphatic rings. The quantitative estimate of drug-likeness (QED) is 0.783. The highest BCUT2D eigenvalue weighted by Crippen LogP contribution is 2.28. The van der Waals surface area contributed by atoms with E-state index in [1.165, 1.54) is 0 Å². The summed E-state index contributed by atoms with van der Waals surface area (Å²) in [5, 5.41) is 3.13. The second-order valence-corrected chi connectivity index (χ2v) is 4.50. The zero-order chi connectivity index (χ0) is 13.9. The fourth-order valence-electron chi connectivity index (χ4n) is 2.16. The number of benzene rings is 1. The minimum atomic E-state index is 0.660. The van der Waals surface area contributed by atoms with Gasteiger partial charge in [-0.05, 0) is 13.0 Å². The van der Waals surface area contributed by atoms with Crippen molar-refractivity contribution in [3.8, 4) is 22.6 Å². The fraction of sp³-hybridized carbons (Fsp3) is 0.125. The molecule has 4 nitrogen and oxygen atoms in total. The molecule has 0 unspecified atom stereocenters. The number of furan rings is 1. The second kappa shape index (κ2) is 5.17. The molecule has 0 amide bonds. The Bertz CT molecular complexity index is 706. The van der Waals surface area contributed by atoms with E-state index < -0.39 is 0 Å². The number of aromatic nitrogens is 2. The van der Waals surface area contributed by atoms with Crippen LogP contribution in [0.1, 0.15) is 5.56 Å². The number of hydrogen-bond donors (Lipinski definition) is 1. The van der Waals surface area contributed by atoms with Crippen molar-refractivity contribution in [2.75, 3.05) is 12.4 Å². The molecule has 0 atom stereocenters. The lowest BCUT2D eigenvalue weighted by Gasteiger charge is -2.11. The van der Waals surface area contributed by atoms with Crippen LogP contribution in [0, 0.1) is 6.92 Å². The molecule has 20 heavy (non-hydrogen) atoms. The highest BCUT2D eigenvalue weighted by molar-refractivity contribution is 5.71. The molecule has 0 aliphatic heterocycles. The molecule has 1 aromatic carbocycles. The van der Waals surface area contributed by atoms with E-state index in [0.717, 1.165) is 28.2 Å². The second-order valence-electron chi connectivity index (χ2n) is 4.50. The van der Waals surface area contributed by atoms with E-state index >= 15 is 0 Å². The van der Waals surface area contributed by atoms with Crippen LogP contribution in [0.25, 0.3) is 22.6 Å². The van der Waals surface area contributed by atoms with Gasteiger partial charge in [0, 0.05) is 18.2 Å². The summed E-state index contributed by atoms with van der Waals surface area (Å²) in [6.07, 6.45) is 3.28. The van der Waals surface area contributed by atoms with Gasteiger partial charge in [-0.15, -0.1) is 0 Å². The summed E-state index contributed by atoms with van der Waals surface area (Å²) < 4.78 is 5.12. The van der Waals surface area contributed by atoms with Gasteiger partial charge < -0.3 is 9.73 Å². The summed E-state index contributed by atoms with van der Waals surface area (Å²) in [5.74, 6) is 1.49.